The molecule has 0 spiro atoms. The summed E-state index contributed by atoms with van der Waals surface area (Å²) < 4.78 is 5.23. The highest BCUT2D eigenvalue weighted by Gasteiger charge is 2.37. The molecule has 0 aromatic carbocycles. The van der Waals surface area contributed by atoms with Crippen molar-refractivity contribution in [3.05, 3.63) is 44.1 Å². The lowest BCUT2D eigenvalue weighted by Crippen LogP contribution is -2.23. The first-order valence-electron chi connectivity index (χ1n) is 7.09. The van der Waals surface area contributed by atoms with Gasteiger partial charge in [0, 0.05) is 16.1 Å². The number of anilines is 2. The number of nitrogens with zero attached hydrogens (tertiary/aromatic N) is 1. The summed E-state index contributed by atoms with van der Waals surface area (Å²) >= 11 is 2.87. The number of allylic oxidation sites excluding steroid dienone is 1. The molecule has 0 radical (unpaired) electrons. The van der Waals surface area contributed by atoms with Gasteiger partial charge in [0.25, 0.3) is 0 Å². The molecule has 0 saturated heterocycles. The van der Waals surface area contributed by atoms with Crippen LogP contribution in [0, 0.1) is 11.3 Å². The van der Waals surface area contributed by atoms with Crippen molar-refractivity contribution in [2.75, 3.05) is 17.7 Å². The van der Waals surface area contributed by atoms with Crippen LogP contribution in [0.3, 0.4) is 0 Å². The van der Waals surface area contributed by atoms with Crippen molar-refractivity contribution in [1.29, 1.82) is 5.26 Å². The molecule has 1 aliphatic rings. The number of carbonyl (C=O) groups excluding carboxylic acids is 1. The molecule has 0 aliphatic carbocycles. The Kier molecular flexibility index (Phi) is 4.11. The minimum Gasteiger partial charge on any atom is -0.463 e. The standard InChI is InChI=1S/C16H15N3O2S2/c1-3-21-16(20)11-8(2)19-15-13(14(18)10(7-17)23-15)12(11)9-5-4-6-22-9/h4-6,12,19H,3,18H2,1-2H3/t12-/m0/s1. The number of nitrogen functional groups attached to an aromatic ring is 1. The van der Waals surface area contributed by atoms with Crippen LogP contribution in [0.1, 0.15) is 35.1 Å². The summed E-state index contributed by atoms with van der Waals surface area (Å²) in [5.41, 5.74) is 8.71. The number of thiophene rings is 2. The van der Waals surface area contributed by atoms with E-state index in [1.807, 2.05) is 24.4 Å². The molecule has 118 valence electrons. The lowest BCUT2D eigenvalue weighted by molar-refractivity contribution is -0.138. The van der Waals surface area contributed by atoms with Gasteiger partial charge in [-0.05, 0) is 25.3 Å². The van der Waals surface area contributed by atoms with E-state index in [0.29, 0.717) is 22.7 Å². The Morgan fingerprint density at radius 2 is 2.35 bits per heavy atom. The van der Waals surface area contributed by atoms with Crippen molar-refractivity contribution in [1.82, 2.24) is 0 Å². The number of carbonyl (C=O) groups is 1. The molecule has 1 atom stereocenters. The maximum Gasteiger partial charge on any atom is 0.336 e. The van der Waals surface area contributed by atoms with Gasteiger partial charge in [-0.1, -0.05) is 6.07 Å². The van der Waals surface area contributed by atoms with Crippen LogP contribution in [0.5, 0.6) is 0 Å². The minimum absolute atomic E-state index is 0.302. The summed E-state index contributed by atoms with van der Waals surface area (Å²) in [5.74, 6) is -0.658. The average Bonchev–Trinajstić information content (AvgIpc) is 3.14. The van der Waals surface area contributed by atoms with E-state index in [-0.39, 0.29) is 11.9 Å². The Hall–Kier alpha value is -2.30. The lowest BCUT2D eigenvalue weighted by atomic mass is 9.86. The van der Waals surface area contributed by atoms with Crippen LogP contribution in [0.15, 0.2) is 28.8 Å². The van der Waals surface area contributed by atoms with Crippen LogP contribution >= 0.6 is 22.7 Å². The Balaban J connectivity index is 2.22. The summed E-state index contributed by atoms with van der Waals surface area (Å²) in [6.07, 6.45) is 0. The highest BCUT2D eigenvalue weighted by molar-refractivity contribution is 7.17. The number of nitrogens with one attached hydrogen (secondary N) is 1. The quantitative estimate of drug-likeness (QED) is 0.829. The van der Waals surface area contributed by atoms with E-state index in [2.05, 4.69) is 11.4 Å². The van der Waals surface area contributed by atoms with Gasteiger partial charge < -0.3 is 15.8 Å². The SMILES string of the molecule is CCOC(=O)C1=C(C)Nc2sc(C#N)c(N)c2[C@H]1c1cccs1. The van der Waals surface area contributed by atoms with Gasteiger partial charge in [-0.2, -0.15) is 5.26 Å². The molecule has 3 rings (SSSR count). The molecule has 2 aromatic rings. The summed E-state index contributed by atoms with van der Waals surface area (Å²) in [6.45, 7) is 3.93. The van der Waals surface area contributed by atoms with Gasteiger partial charge in [0.2, 0.25) is 0 Å². The van der Waals surface area contributed by atoms with Crippen molar-refractivity contribution in [3.63, 3.8) is 0 Å². The lowest BCUT2D eigenvalue weighted by Gasteiger charge is -2.27. The zero-order valence-corrected chi connectivity index (χ0v) is 14.3. The van der Waals surface area contributed by atoms with E-state index >= 15 is 0 Å². The molecule has 5 nitrogen and oxygen atoms in total. The van der Waals surface area contributed by atoms with Crippen molar-refractivity contribution in [2.45, 2.75) is 19.8 Å². The van der Waals surface area contributed by atoms with Crippen LogP contribution in [0.25, 0.3) is 0 Å². The Morgan fingerprint density at radius 3 is 2.96 bits per heavy atom. The predicted molar refractivity (Wildman–Crippen MR) is 92.6 cm³/mol. The fraction of sp³-hybridized carbons (Fsp3) is 0.250. The maximum absolute atomic E-state index is 12.5. The fourth-order valence-electron chi connectivity index (χ4n) is 2.74. The third kappa shape index (κ3) is 2.50. The first kappa shape index (κ1) is 15.6. The van der Waals surface area contributed by atoms with E-state index in [1.165, 1.54) is 11.3 Å². The molecule has 0 bridgehead atoms. The number of fused-ring (bicyclic) bond motifs is 1. The summed E-state index contributed by atoms with van der Waals surface area (Å²) in [7, 11) is 0. The molecule has 1 aliphatic heterocycles. The Morgan fingerprint density at radius 1 is 1.57 bits per heavy atom. The molecule has 0 saturated carbocycles. The van der Waals surface area contributed by atoms with Crippen LogP contribution < -0.4 is 11.1 Å². The van der Waals surface area contributed by atoms with Crippen LogP contribution in [0.2, 0.25) is 0 Å². The zero-order chi connectivity index (χ0) is 16.6. The molecule has 23 heavy (non-hydrogen) atoms. The number of hydrogen-bond donors (Lipinski definition) is 2. The Labute approximate surface area is 142 Å². The third-order valence-electron chi connectivity index (χ3n) is 3.69. The number of nitrogens with two attached hydrogens (primary N) is 1. The van der Waals surface area contributed by atoms with E-state index in [4.69, 9.17) is 10.5 Å². The number of rotatable bonds is 3. The van der Waals surface area contributed by atoms with Gasteiger partial charge in [0.1, 0.15) is 15.9 Å². The van der Waals surface area contributed by atoms with Crippen molar-refractivity contribution in [3.8, 4) is 6.07 Å². The molecule has 0 amide bonds. The number of ether oxygens (including phenoxy) is 1. The number of hydrogen-bond acceptors (Lipinski definition) is 7. The first-order chi connectivity index (χ1) is 11.1. The van der Waals surface area contributed by atoms with Gasteiger partial charge in [-0.15, -0.1) is 22.7 Å². The maximum atomic E-state index is 12.5. The number of nitriles is 1. The molecule has 7 heteroatoms. The van der Waals surface area contributed by atoms with Gasteiger partial charge in [0.15, 0.2) is 0 Å². The largest absolute Gasteiger partial charge is 0.463 e. The minimum atomic E-state index is -0.356. The second kappa shape index (κ2) is 6.07. The summed E-state index contributed by atoms with van der Waals surface area (Å²) in [5, 5.41) is 15.3. The van der Waals surface area contributed by atoms with Gasteiger partial charge in [-0.25, -0.2) is 4.79 Å². The molecule has 2 aromatic heterocycles. The molecule has 0 unspecified atom stereocenters. The molecule has 3 N–H and O–H groups in total. The topological polar surface area (TPSA) is 88.1 Å². The van der Waals surface area contributed by atoms with E-state index in [0.717, 1.165) is 21.1 Å². The van der Waals surface area contributed by atoms with E-state index in [1.54, 1.807) is 18.3 Å². The number of esters is 1. The van der Waals surface area contributed by atoms with Gasteiger partial charge >= 0.3 is 5.97 Å². The smallest absolute Gasteiger partial charge is 0.336 e. The van der Waals surface area contributed by atoms with Crippen molar-refractivity contribution >= 4 is 39.3 Å². The molecular formula is C16H15N3O2S2. The zero-order valence-electron chi connectivity index (χ0n) is 12.7. The summed E-state index contributed by atoms with van der Waals surface area (Å²) in [6, 6.07) is 6.03. The van der Waals surface area contributed by atoms with Crippen molar-refractivity contribution in [2.24, 2.45) is 0 Å². The molecule has 0 fully saturated rings. The fourth-order valence-corrected chi connectivity index (χ4v) is 4.59. The molecular weight excluding hydrogens is 330 g/mol. The van der Waals surface area contributed by atoms with Crippen LogP contribution in [0.4, 0.5) is 10.7 Å². The highest BCUT2D eigenvalue weighted by Crippen LogP contribution is 2.50. The monoisotopic (exact) mass is 345 g/mol. The second-order valence-electron chi connectivity index (χ2n) is 5.03. The third-order valence-corrected chi connectivity index (χ3v) is 5.67. The normalized spacial score (nSPS) is 16.5. The van der Waals surface area contributed by atoms with Gasteiger partial charge in [-0.3, -0.25) is 0 Å². The van der Waals surface area contributed by atoms with Crippen LogP contribution in [-0.4, -0.2) is 12.6 Å². The first-order valence-corrected chi connectivity index (χ1v) is 8.78. The van der Waals surface area contributed by atoms with Crippen LogP contribution in [-0.2, 0) is 9.53 Å². The van der Waals surface area contributed by atoms with E-state index in [9.17, 15) is 10.1 Å². The summed E-state index contributed by atoms with van der Waals surface area (Å²) in [4.78, 5) is 14.0. The average molecular weight is 345 g/mol. The van der Waals surface area contributed by atoms with Gasteiger partial charge in [0.05, 0.1) is 23.8 Å². The highest BCUT2D eigenvalue weighted by atomic mass is 32.1. The van der Waals surface area contributed by atoms with E-state index < -0.39 is 0 Å². The molecule has 3 heterocycles. The second-order valence-corrected chi connectivity index (χ2v) is 7.03. The van der Waals surface area contributed by atoms with Crippen molar-refractivity contribution < 1.29 is 9.53 Å². The Bertz CT molecular complexity index is 828. The predicted octanol–water partition coefficient (Wildman–Crippen LogP) is 3.66.